The van der Waals surface area contributed by atoms with Crippen molar-refractivity contribution >= 4 is 0 Å². The van der Waals surface area contributed by atoms with Crippen LogP contribution in [0.25, 0.3) is 0 Å². The van der Waals surface area contributed by atoms with Crippen LogP contribution in [0.5, 0.6) is 0 Å². The zero-order valence-corrected chi connectivity index (χ0v) is 13.3. The normalized spacial score (nSPS) is 25.0. The molecule has 1 aromatic rings. The van der Waals surface area contributed by atoms with E-state index in [-0.39, 0.29) is 12.2 Å². The lowest BCUT2D eigenvalue weighted by atomic mass is 10.1. The Balaban J connectivity index is 1.87. The fraction of sp³-hybridized carbons (Fsp3) is 0.529. The van der Waals surface area contributed by atoms with Crippen LogP contribution in [0.15, 0.2) is 42.4 Å². The van der Waals surface area contributed by atoms with E-state index in [1.54, 1.807) is 0 Å². The van der Waals surface area contributed by atoms with Crippen LogP contribution in [0.2, 0.25) is 0 Å². The van der Waals surface area contributed by atoms with Crippen LogP contribution in [0.4, 0.5) is 0 Å². The van der Waals surface area contributed by atoms with Gasteiger partial charge in [0.1, 0.15) is 0 Å². The minimum Gasteiger partial charge on any atom is -0.466 e. The molecule has 2 rings (SSSR count). The molecule has 0 saturated carbocycles. The molecular weight excluding hydrogens is 284 g/mol. The van der Waals surface area contributed by atoms with Crippen LogP contribution in [-0.4, -0.2) is 31.7 Å². The Hall–Kier alpha value is -1.56. The highest BCUT2D eigenvalue weighted by atomic mass is 16.7. The van der Waals surface area contributed by atoms with Crippen molar-refractivity contribution in [2.45, 2.75) is 44.9 Å². The van der Waals surface area contributed by atoms with Crippen molar-refractivity contribution < 1.29 is 24.1 Å². The van der Waals surface area contributed by atoms with Gasteiger partial charge in [-0.25, -0.2) is 5.11 Å². The maximum absolute atomic E-state index is 11.4. The molecule has 1 aromatic carbocycles. The number of methoxy groups -OCH3 is 1. The summed E-state index contributed by atoms with van der Waals surface area (Å²) in [5.74, 6) is -1.15. The molecule has 1 fully saturated rings. The van der Waals surface area contributed by atoms with E-state index in [9.17, 15) is 5.11 Å². The smallest absolute Gasteiger partial charge is 0.329 e. The summed E-state index contributed by atoms with van der Waals surface area (Å²) < 4.78 is 21.9. The summed E-state index contributed by atoms with van der Waals surface area (Å²) in [6.07, 6.45) is 1.54. The van der Waals surface area contributed by atoms with Crippen LogP contribution in [0.3, 0.4) is 0 Å². The van der Waals surface area contributed by atoms with Crippen molar-refractivity contribution in [3.05, 3.63) is 47.9 Å². The van der Waals surface area contributed by atoms with Gasteiger partial charge in [-0.15, -0.1) is 0 Å². The first-order valence-electron chi connectivity index (χ1n) is 7.38. The number of ether oxygens (including phenoxy) is 4. The highest BCUT2D eigenvalue weighted by molar-refractivity contribution is 5.13. The summed E-state index contributed by atoms with van der Waals surface area (Å²) in [4.78, 5) is 0. The van der Waals surface area contributed by atoms with Gasteiger partial charge in [0, 0.05) is 12.5 Å². The lowest BCUT2D eigenvalue weighted by Crippen LogP contribution is -2.45. The van der Waals surface area contributed by atoms with Gasteiger partial charge >= 0.3 is 5.95 Å². The molecule has 5 heteroatoms. The quantitative estimate of drug-likeness (QED) is 0.758. The molecule has 1 aliphatic rings. The Morgan fingerprint density at radius 3 is 2.73 bits per heavy atom. The Morgan fingerprint density at radius 2 is 2.05 bits per heavy atom. The third-order valence-electron chi connectivity index (χ3n) is 3.32. The third-order valence-corrected chi connectivity index (χ3v) is 3.32. The Bertz CT molecular complexity index is 483. The van der Waals surface area contributed by atoms with Gasteiger partial charge in [0.25, 0.3) is 0 Å². The van der Waals surface area contributed by atoms with Crippen LogP contribution < -0.4 is 0 Å². The fourth-order valence-electron chi connectivity index (χ4n) is 2.46. The Kier molecular flexibility index (Phi) is 5.83. The van der Waals surface area contributed by atoms with Crippen LogP contribution in [0, 0.1) is 0 Å². The van der Waals surface area contributed by atoms with E-state index in [1.807, 2.05) is 44.2 Å². The molecule has 1 heterocycles. The molecular formula is C17H23O5. The number of hydrogen-bond donors (Lipinski definition) is 0. The first-order valence-corrected chi connectivity index (χ1v) is 7.38. The highest BCUT2D eigenvalue weighted by Gasteiger charge is 2.35. The standard InChI is InChI=1S/C17H23O5/c1-17(2)21-14(10-16(18)19-3)9-15(22-17)12-20-11-13-7-5-4-6-8-13/h4-8,10,14-15H,9,11-12H2,1-3H3/t14-,15+/m1/s1. The van der Waals surface area contributed by atoms with E-state index in [4.69, 9.17) is 14.2 Å². The summed E-state index contributed by atoms with van der Waals surface area (Å²) in [6.45, 7) is 4.64. The SMILES string of the molecule is COC([O])=C[C@H]1C[C@@H](COCc2ccccc2)OC(C)(C)O1. The second kappa shape index (κ2) is 7.63. The zero-order valence-electron chi connectivity index (χ0n) is 13.3. The van der Waals surface area contributed by atoms with Gasteiger partial charge in [0.2, 0.25) is 0 Å². The molecule has 0 unspecified atom stereocenters. The van der Waals surface area contributed by atoms with Crippen molar-refractivity contribution in [2.75, 3.05) is 13.7 Å². The minimum absolute atomic E-state index is 0.127. The first-order chi connectivity index (χ1) is 10.5. The predicted octanol–water partition coefficient (Wildman–Crippen LogP) is 3.03. The molecule has 2 atom stereocenters. The van der Waals surface area contributed by atoms with E-state index in [0.29, 0.717) is 19.6 Å². The molecule has 0 aliphatic carbocycles. The molecule has 0 amide bonds. The van der Waals surface area contributed by atoms with Crippen molar-refractivity contribution in [1.29, 1.82) is 0 Å². The zero-order chi connectivity index (χ0) is 16.0. The van der Waals surface area contributed by atoms with Crippen LogP contribution in [-0.2, 0) is 30.7 Å². The van der Waals surface area contributed by atoms with Crippen LogP contribution in [0.1, 0.15) is 25.8 Å². The predicted molar refractivity (Wildman–Crippen MR) is 80.3 cm³/mol. The largest absolute Gasteiger partial charge is 0.466 e. The van der Waals surface area contributed by atoms with Crippen molar-refractivity contribution in [2.24, 2.45) is 0 Å². The fourth-order valence-corrected chi connectivity index (χ4v) is 2.46. The summed E-state index contributed by atoms with van der Waals surface area (Å²) >= 11 is 0. The van der Waals surface area contributed by atoms with Gasteiger partial charge in [-0.1, -0.05) is 30.3 Å². The monoisotopic (exact) mass is 307 g/mol. The van der Waals surface area contributed by atoms with Gasteiger partial charge in [0.05, 0.1) is 32.5 Å². The molecule has 1 saturated heterocycles. The number of benzene rings is 1. The van der Waals surface area contributed by atoms with Gasteiger partial charge in [-0.3, -0.25) is 0 Å². The second-order valence-electron chi connectivity index (χ2n) is 5.72. The van der Waals surface area contributed by atoms with Gasteiger partial charge in [-0.05, 0) is 19.4 Å². The lowest BCUT2D eigenvalue weighted by molar-refractivity contribution is -0.297. The van der Waals surface area contributed by atoms with E-state index < -0.39 is 11.7 Å². The Labute approximate surface area is 131 Å². The van der Waals surface area contributed by atoms with E-state index >= 15 is 0 Å². The van der Waals surface area contributed by atoms with E-state index in [1.165, 1.54) is 13.2 Å². The van der Waals surface area contributed by atoms with Gasteiger partial charge in [-0.2, -0.15) is 0 Å². The summed E-state index contributed by atoms with van der Waals surface area (Å²) in [5, 5.41) is 11.4. The summed E-state index contributed by atoms with van der Waals surface area (Å²) in [5.41, 5.74) is 1.12. The molecule has 0 aromatic heterocycles. The maximum Gasteiger partial charge on any atom is 0.329 e. The molecule has 0 bridgehead atoms. The van der Waals surface area contributed by atoms with Crippen molar-refractivity contribution in [3.8, 4) is 0 Å². The van der Waals surface area contributed by atoms with E-state index in [0.717, 1.165) is 5.56 Å². The van der Waals surface area contributed by atoms with E-state index in [2.05, 4.69) is 4.74 Å². The summed E-state index contributed by atoms with van der Waals surface area (Å²) in [7, 11) is 1.35. The van der Waals surface area contributed by atoms with Crippen molar-refractivity contribution in [1.82, 2.24) is 0 Å². The molecule has 0 spiro atoms. The number of rotatable bonds is 6. The topological polar surface area (TPSA) is 56.8 Å². The van der Waals surface area contributed by atoms with Gasteiger partial charge < -0.3 is 18.9 Å². The third kappa shape index (κ3) is 5.33. The molecule has 5 nitrogen and oxygen atoms in total. The Morgan fingerprint density at radius 1 is 1.32 bits per heavy atom. The minimum atomic E-state index is -0.756. The molecule has 22 heavy (non-hydrogen) atoms. The molecule has 1 radical (unpaired) electrons. The second-order valence-corrected chi connectivity index (χ2v) is 5.72. The van der Waals surface area contributed by atoms with Gasteiger partial charge in [0.15, 0.2) is 5.79 Å². The lowest BCUT2D eigenvalue weighted by Gasteiger charge is -2.39. The average molecular weight is 307 g/mol. The highest BCUT2D eigenvalue weighted by Crippen LogP contribution is 2.28. The molecule has 121 valence electrons. The average Bonchev–Trinajstić information content (AvgIpc) is 2.46. The van der Waals surface area contributed by atoms with Crippen LogP contribution >= 0.6 is 0 Å². The van der Waals surface area contributed by atoms with Crippen molar-refractivity contribution in [3.63, 3.8) is 0 Å². The molecule has 0 N–H and O–H groups in total. The maximum atomic E-state index is 11.4. The molecule has 1 aliphatic heterocycles. The summed E-state index contributed by atoms with van der Waals surface area (Å²) in [6, 6.07) is 9.97. The first kappa shape index (κ1) is 16.8. The number of hydrogen-bond acceptors (Lipinski definition) is 4.